The first-order chi connectivity index (χ1) is 11.0. The molecule has 0 saturated carbocycles. The van der Waals surface area contributed by atoms with Gasteiger partial charge < -0.3 is 15.7 Å². The average molecular weight is 334 g/mol. The molecule has 1 aromatic carbocycles. The second-order valence-electron chi connectivity index (χ2n) is 4.82. The number of nitrogens with one attached hydrogen (secondary N) is 2. The van der Waals surface area contributed by atoms with E-state index in [9.17, 15) is 9.59 Å². The predicted octanol–water partition coefficient (Wildman–Crippen LogP) is 3.15. The lowest BCUT2D eigenvalue weighted by atomic mass is 10.2. The average Bonchev–Trinajstić information content (AvgIpc) is 2.53. The molecule has 0 saturated heterocycles. The Bertz CT molecular complexity index is 689. The lowest BCUT2D eigenvalue weighted by Crippen LogP contribution is -2.14. The Balaban J connectivity index is 1.86. The number of hydrogen-bond donors (Lipinski definition) is 3. The zero-order valence-corrected chi connectivity index (χ0v) is 13.0. The van der Waals surface area contributed by atoms with Crippen molar-refractivity contribution < 1.29 is 14.7 Å². The van der Waals surface area contributed by atoms with E-state index >= 15 is 0 Å². The number of carbonyl (C=O) groups excluding carboxylic acids is 1. The number of carboxylic acids is 1. The van der Waals surface area contributed by atoms with Crippen molar-refractivity contribution in [1.82, 2.24) is 4.98 Å². The van der Waals surface area contributed by atoms with Crippen LogP contribution in [-0.4, -0.2) is 22.0 Å². The van der Waals surface area contributed by atoms with Crippen molar-refractivity contribution in [1.29, 1.82) is 0 Å². The van der Waals surface area contributed by atoms with Crippen LogP contribution in [0.1, 0.15) is 18.4 Å². The largest absolute Gasteiger partial charge is 0.481 e. The predicted molar refractivity (Wildman–Crippen MR) is 88.5 cm³/mol. The van der Waals surface area contributed by atoms with Crippen LogP contribution in [0.3, 0.4) is 0 Å². The SMILES string of the molecule is O=C(O)CCC(=O)Nc1ccc(NCc2ccccc2Cl)cn1. The van der Waals surface area contributed by atoms with E-state index in [0.29, 0.717) is 17.4 Å². The van der Waals surface area contributed by atoms with Crippen LogP contribution in [0.15, 0.2) is 42.6 Å². The minimum atomic E-state index is -1.01. The van der Waals surface area contributed by atoms with Crippen molar-refractivity contribution in [2.24, 2.45) is 0 Å². The molecule has 1 heterocycles. The highest BCUT2D eigenvalue weighted by Gasteiger charge is 2.06. The molecule has 0 fully saturated rings. The van der Waals surface area contributed by atoms with Crippen LogP contribution in [-0.2, 0) is 16.1 Å². The molecule has 0 bridgehead atoms. The summed E-state index contributed by atoms with van der Waals surface area (Å²) in [6.45, 7) is 0.561. The van der Waals surface area contributed by atoms with Gasteiger partial charge in [0.25, 0.3) is 0 Å². The monoisotopic (exact) mass is 333 g/mol. The van der Waals surface area contributed by atoms with Gasteiger partial charge >= 0.3 is 5.97 Å². The normalized spacial score (nSPS) is 10.1. The summed E-state index contributed by atoms with van der Waals surface area (Å²) < 4.78 is 0. The van der Waals surface area contributed by atoms with E-state index in [1.54, 1.807) is 18.3 Å². The van der Waals surface area contributed by atoms with Crippen LogP contribution in [0.5, 0.6) is 0 Å². The first-order valence-electron chi connectivity index (χ1n) is 6.99. The van der Waals surface area contributed by atoms with Gasteiger partial charge in [-0.3, -0.25) is 9.59 Å². The van der Waals surface area contributed by atoms with E-state index in [1.165, 1.54) is 0 Å². The Labute approximate surface area is 138 Å². The molecule has 1 amide bonds. The van der Waals surface area contributed by atoms with Gasteiger partial charge in [-0.1, -0.05) is 29.8 Å². The van der Waals surface area contributed by atoms with Crippen LogP contribution in [0.2, 0.25) is 5.02 Å². The van der Waals surface area contributed by atoms with Crippen molar-refractivity contribution in [2.45, 2.75) is 19.4 Å². The van der Waals surface area contributed by atoms with Gasteiger partial charge in [0.05, 0.1) is 18.3 Å². The number of benzene rings is 1. The molecule has 0 radical (unpaired) electrons. The molecule has 2 rings (SSSR count). The van der Waals surface area contributed by atoms with Gasteiger partial charge in [-0.05, 0) is 23.8 Å². The maximum absolute atomic E-state index is 11.5. The number of pyridine rings is 1. The standard InChI is InChI=1S/C16H16ClN3O3/c17-13-4-2-1-3-11(13)9-18-12-5-6-14(19-10-12)20-15(21)7-8-16(22)23/h1-6,10,18H,7-9H2,(H,22,23)(H,19,20,21). The van der Waals surface area contributed by atoms with Crippen molar-refractivity contribution >= 4 is 35.0 Å². The van der Waals surface area contributed by atoms with Crippen LogP contribution in [0.4, 0.5) is 11.5 Å². The Morgan fingerprint density at radius 2 is 1.91 bits per heavy atom. The van der Waals surface area contributed by atoms with E-state index in [4.69, 9.17) is 16.7 Å². The zero-order chi connectivity index (χ0) is 16.7. The molecule has 0 aliphatic rings. The third-order valence-corrected chi connectivity index (χ3v) is 3.41. The number of hydrogen-bond acceptors (Lipinski definition) is 4. The van der Waals surface area contributed by atoms with Crippen LogP contribution >= 0.6 is 11.6 Å². The molecule has 2 aromatic rings. The van der Waals surface area contributed by atoms with Crippen LogP contribution < -0.4 is 10.6 Å². The van der Waals surface area contributed by atoms with Gasteiger partial charge in [0.2, 0.25) is 5.91 Å². The number of rotatable bonds is 7. The van der Waals surface area contributed by atoms with Gasteiger partial charge in [0, 0.05) is 18.0 Å². The minimum Gasteiger partial charge on any atom is -0.481 e. The molecular weight excluding hydrogens is 318 g/mol. The summed E-state index contributed by atoms with van der Waals surface area (Å²) in [4.78, 5) is 26.0. The molecule has 0 spiro atoms. The van der Waals surface area contributed by atoms with Crippen LogP contribution in [0.25, 0.3) is 0 Å². The van der Waals surface area contributed by atoms with Gasteiger partial charge in [-0.2, -0.15) is 0 Å². The number of aromatic nitrogens is 1. The Hall–Kier alpha value is -2.60. The molecular formula is C16H16ClN3O3. The Kier molecular flexibility index (Phi) is 5.94. The Morgan fingerprint density at radius 3 is 2.57 bits per heavy atom. The highest BCUT2D eigenvalue weighted by molar-refractivity contribution is 6.31. The fourth-order valence-electron chi connectivity index (χ4n) is 1.84. The molecule has 6 nitrogen and oxygen atoms in total. The highest BCUT2D eigenvalue weighted by Crippen LogP contribution is 2.17. The van der Waals surface area contributed by atoms with Crippen molar-refractivity contribution in [3.8, 4) is 0 Å². The number of carbonyl (C=O) groups is 2. The minimum absolute atomic E-state index is 0.0798. The lowest BCUT2D eigenvalue weighted by Gasteiger charge is -2.09. The van der Waals surface area contributed by atoms with Gasteiger partial charge in [-0.15, -0.1) is 0 Å². The summed E-state index contributed by atoms with van der Waals surface area (Å²) in [5.74, 6) is -1.01. The summed E-state index contributed by atoms with van der Waals surface area (Å²) in [5.41, 5.74) is 1.76. The van der Waals surface area contributed by atoms with E-state index in [0.717, 1.165) is 11.3 Å². The number of halogens is 1. The number of aliphatic carboxylic acids is 1. The molecule has 7 heteroatoms. The number of nitrogens with zero attached hydrogens (tertiary/aromatic N) is 1. The molecule has 0 unspecified atom stereocenters. The van der Waals surface area contributed by atoms with Crippen molar-refractivity contribution in [3.05, 3.63) is 53.2 Å². The zero-order valence-electron chi connectivity index (χ0n) is 12.3. The van der Waals surface area contributed by atoms with Gasteiger partial charge in [0.1, 0.15) is 5.82 Å². The molecule has 1 aromatic heterocycles. The molecule has 0 atom stereocenters. The third kappa shape index (κ3) is 5.60. The molecule has 120 valence electrons. The van der Waals surface area contributed by atoms with E-state index in [2.05, 4.69) is 15.6 Å². The van der Waals surface area contributed by atoms with Crippen molar-refractivity contribution in [2.75, 3.05) is 10.6 Å². The van der Waals surface area contributed by atoms with Crippen molar-refractivity contribution in [3.63, 3.8) is 0 Å². The molecule has 0 aliphatic carbocycles. The summed E-state index contributed by atoms with van der Waals surface area (Å²) in [7, 11) is 0. The van der Waals surface area contributed by atoms with Gasteiger partial charge in [0.15, 0.2) is 0 Å². The van der Waals surface area contributed by atoms with E-state index in [-0.39, 0.29) is 18.7 Å². The highest BCUT2D eigenvalue weighted by atomic mass is 35.5. The maximum atomic E-state index is 11.5. The quantitative estimate of drug-likeness (QED) is 0.724. The third-order valence-electron chi connectivity index (χ3n) is 3.04. The van der Waals surface area contributed by atoms with E-state index in [1.807, 2.05) is 24.3 Å². The number of carboxylic acid groups (broad SMARTS) is 1. The fraction of sp³-hybridized carbons (Fsp3) is 0.188. The molecule has 0 aliphatic heterocycles. The summed E-state index contributed by atoms with van der Waals surface area (Å²) in [6, 6.07) is 11.0. The molecule has 23 heavy (non-hydrogen) atoms. The van der Waals surface area contributed by atoms with E-state index < -0.39 is 5.97 Å². The first kappa shape index (κ1) is 16.8. The van der Waals surface area contributed by atoms with Gasteiger partial charge in [-0.25, -0.2) is 4.98 Å². The summed E-state index contributed by atoms with van der Waals surface area (Å²) in [6.07, 6.45) is 1.30. The Morgan fingerprint density at radius 1 is 1.13 bits per heavy atom. The lowest BCUT2D eigenvalue weighted by molar-refractivity contribution is -0.138. The summed E-state index contributed by atoms with van der Waals surface area (Å²) in [5, 5.41) is 14.9. The second kappa shape index (κ2) is 8.14. The fourth-order valence-corrected chi connectivity index (χ4v) is 2.04. The first-order valence-corrected chi connectivity index (χ1v) is 7.37. The topological polar surface area (TPSA) is 91.3 Å². The smallest absolute Gasteiger partial charge is 0.303 e. The number of anilines is 2. The summed E-state index contributed by atoms with van der Waals surface area (Å²) >= 11 is 6.08. The molecule has 3 N–H and O–H groups in total. The maximum Gasteiger partial charge on any atom is 0.303 e. The number of amides is 1. The second-order valence-corrected chi connectivity index (χ2v) is 5.23. The van der Waals surface area contributed by atoms with Crippen LogP contribution in [0, 0.1) is 0 Å².